The third kappa shape index (κ3) is 2.51. The van der Waals surface area contributed by atoms with Crippen LogP contribution < -0.4 is 0 Å². The predicted octanol–water partition coefficient (Wildman–Crippen LogP) is 0.873. The van der Waals surface area contributed by atoms with Crippen LogP contribution >= 0.6 is 0 Å². The van der Waals surface area contributed by atoms with Crippen LogP contribution in [0.5, 0.6) is 0 Å². The van der Waals surface area contributed by atoms with E-state index in [1.54, 1.807) is 11.9 Å². The quantitative estimate of drug-likeness (QED) is 0.643. The molecule has 0 spiro atoms. The zero-order valence-corrected chi connectivity index (χ0v) is 9.23. The molecule has 0 bridgehead atoms. The summed E-state index contributed by atoms with van der Waals surface area (Å²) in [5.41, 5.74) is 0. The van der Waals surface area contributed by atoms with Crippen LogP contribution in [0.15, 0.2) is 0 Å². The molecule has 1 fully saturated rings. The Balaban J connectivity index is 2.56. The van der Waals surface area contributed by atoms with Crippen molar-refractivity contribution in [2.45, 2.75) is 19.6 Å². The van der Waals surface area contributed by atoms with E-state index in [2.05, 4.69) is 4.74 Å². The zero-order valence-electron chi connectivity index (χ0n) is 9.23. The van der Waals surface area contributed by atoms with Gasteiger partial charge in [-0.05, 0) is 6.92 Å². The molecule has 6 nitrogen and oxygen atoms in total. The van der Waals surface area contributed by atoms with E-state index in [9.17, 15) is 9.59 Å². The van der Waals surface area contributed by atoms with Crippen molar-refractivity contribution in [3.05, 3.63) is 0 Å². The highest BCUT2D eigenvalue weighted by Gasteiger charge is 2.32. The number of hydrogen-bond donors (Lipinski definition) is 0. The topological polar surface area (TPSA) is 59.1 Å². The zero-order chi connectivity index (χ0) is 11.4. The van der Waals surface area contributed by atoms with Gasteiger partial charge in [-0.2, -0.15) is 0 Å². The first-order valence-electron chi connectivity index (χ1n) is 4.86. The van der Waals surface area contributed by atoms with Crippen molar-refractivity contribution in [2.24, 2.45) is 0 Å². The van der Waals surface area contributed by atoms with E-state index in [0.717, 1.165) is 0 Å². The number of carbonyl (C=O) groups is 2. The van der Waals surface area contributed by atoms with Gasteiger partial charge >= 0.3 is 12.2 Å². The second-order valence-corrected chi connectivity index (χ2v) is 3.29. The summed E-state index contributed by atoms with van der Waals surface area (Å²) in [7, 11) is 2.85. The number of ether oxygens (including phenoxy) is 2. The third-order valence-corrected chi connectivity index (χ3v) is 2.43. The second-order valence-electron chi connectivity index (χ2n) is 3.29. The molecular weight excluding hydrogens is 200 g/mol. The van der Waals surface area contributed by atoms with E-state index in [4.69, 9.17) is 4.74 Å². The molecule has 86 valence electrons. The highest BCUT2D eigenvalue weighted by molar-refractivity contribution is 5.75. The normalized spacial score (nSPS) is 21.5. The maximum atomic E-state index is 11.7. The molecule has 1 aliphatic rings. The minimum atomic E-state index is -0.760. The minimum absolute atomic E-state index is 0.127. The van der Waals surface area contributed by atoms with Crippen molar-refractivity contribution in [3.8, 4) is 0 Å². The molecule has 0 aromatic heterocycles. The van der Waals surface area contributed by atoms with Crippen LogP contribution in [0.25, 0.3) is 0 Å². The van der Waals surface area contributed by atoms with Gasteiger partial charge in [0.25, 0.3) is 0 Å². The van der Waals surface area contributed by atoms with Crippen LogP contribution in [0.3, 0.4) is 0 Å². The van der Waals surface area contributed by atoms with Crippen LogP contribution in [0, 0.1) is 0 Å². The lowest BCUT2D eigenvalue weighted by molar-refractivity contribution is -0.0412. The van der Waals surface area contributed by atoms with E-state index in [-0.39, 0.29) is 6.03 Å². The maximum Gasteiger partial charge on any atom is 0.509 e. The maximum absolute atomic E-state index is 11.7. The van der Waals surface area contributed by atoms with E-state index in [0.29, 0.717) is 19.5 Å². The number of nitrogens with zero attached hydrogens (tertiary/aromatic N) is 2. The first kappa shape index (κ1) is 11.6. The summed E-state index contributed by atoms with van der Waals surface area (Å²) in [6.45, 7) is 3.17. The molecule has 2 amide bonds. The molecule has 0 saturated carbocycles. The Bertz CT molecular complexity index is 256. The van der Waals surface area contributed by atoms with Crippen molar-refractivity contribution in [1.29, 1.82) is 0 Å². The first-order valence-corrected chi connectivity index (χ1v) is 4.86. The fraction of sp³-hybridized carbons (Fsp3) is 0.778. The van der Waals surface area contributed by atoms with Gasteiger partial charge in [0.05, 0.1) is 7.11 Å². The highest BCUT2D eigenvalue weighted by Crippen LogP contribution is 2.15. The van der Waals surface area contributed by atoms with E-state index < -0.39 is 12.4 Å². The van der Waals surface area contributed by atoms with Crippen molar-refractivity contribution < 1.29 is 19.1 Å². The minimum Gasteiger partial charge on any atom is -0.438 e. The fourth-order valence-corrected chi connectivity index (χ4v) is 1.49. The average Bonchev–Trinajstić information content (AvgIpc) is 2.25. The first-order chi connectivity index (χ1) is 7.10. The van der Waals surface area contributed by atoms with Crippen molar-refractivity contribution in [1.82, 2.24) is 9.80 Å². The number of hydrogen-bond acceptors (Lipinski definition) is 4. The molecule has 1 unspecified atom stereocenters. The molecule has 1 atom stereocenters. The van der Waals surface area contributed by atoms with Crippen LogP contribution in [0.1, 0.15) is 13.3 Å². The largest absolute Gasteiger partial charge is 0.509 e. The van der Waals surface area contributed by atoms with E-state index in [1.165, 1.54) is 12.0 Å². The van der Waals surface area contributed by atoms with Crippen molar-refractivity contribution in [2.75, 3.05) is 27.2 Å². The molecule has 0 N–H and O–H groups in total. The Morgan fingerprint density at radius 2 is 2.27 bits per heavy atom. The molecule has 0 aromatic carbocycles. The molecule has 15 heavy (non-hydrogen) atoms. The van der Waals surface area contributed by atoms with Crippen LogP contribution in [-0.4, -0.2) is 55.5 Å². The smallest absolute Gasteiger partial charge is 0.438 e. The second kappa shape index (κ2) is 4.86. The number of methoxy groups -OCH3 is 1. The molecule has 1 rings (SSSR count). The van der Waals surface area contributed by atoms with Gasteiger partial charge in [0.2, 0.25) is 0 Å². The summed E-state index contributed by atoms with van der Waals surface area (Å²) in [6.07, 6.45) is -0.678. The standard InChI is InChI=1S/C9H16N2O4/c1-4-11-6-5-7(10(2)8(11)12)15-9(13)14-3/h7H,4-6H2,1-3H3. The van der Waals surface area contributed by atoms with Gasteiger partial charge in [-0.25, -0.2) is 9.59 Å². The number of urea groups is 1. The summed E-state index contributed by atoms with van der Waals surface area (Å²) in [5, 5.41) is 0. The molecular formula is C9H16N2O4. The monoisotopic (exact) mass is 216 g/mol. The predicted molar refractivity (Wildman–Crippen MR) is 52.3 cm³/mol. The summed E-state index contributed by atoms with van der Waals surface area (Å²) in [5.74, 6) is 0. The van der Waals surface area contributed by atoms with Gasteiger partial charge in [0.1, 0.15) is 0 Å². The van der Waals surface area contributed by atoms with Gasteiger partial charge in [-0.1, -0.05) is 0 Å². The molecule has 1 saturated heterocycles. The number of carbonyl (C=O) groups excluding carboxylic acids is 2. The SMILES string of the molecule is CCN1CCC(OC(=O)OC)N(C)C1=O. The Morgan fingerprint density at radius 3 is 2.80 bits per heavy atom. The van der Waals surface area contributed by atoms with Crippen LogP contribution in [0.2, 0.25) is 0 Å². The third-order valence-electron chi connectivity index (χ3n) is 2.43. The Morgan fingerprint density at radius 1 is 1.60 bits per heavy atom. The van der Waals surface area contributed by atoms with Gasteiger partial charge in [0.15, 0.2) is 6.23 Å². The molecule has 6 heteroatoms. The lowest BCUT2D eigenvalue weighted by atomic mass is 10.2. The van der Waals surface area contributed by atoms with Gasteiger partial charge in [-0.3, -0.25) is 4.90 Å². The van der Waals surface area contributed by atoms with Gasteiger partial charge in [0, 0.05) is 26.6 Å². The molecule has 1 heterocycles. The van der Waals surface area contributed by atoms with Crippen molar-refractivity contribution in [3.63, 3.8) is 0 Å². The Hall–Kier alpha value is -1.46. The van der Waals surface area contributed by atoms with Gasteiger partial charge < -0.3 is 14.4 Å². The molecule has 0 radical (unpaired) electrons. The Labute approximate surface area is 88.7 Å². The summed E-state index contributed by atoms with van der Waals surface area (Å²) in [6, 6.07) is -0.127. The fourth-order valence-electron chi connectivity index (χ4n) is 1.49. The van der Waals surface area contributed by atoms with Crippen LogP contribution in [-0.2, 0) is 9.47 Å². The van der Waals surface area contributed by atoms with Gasteiger partial charge in [-0.15, -0.1) is 0 Å². The van der Waals surface area contributed by atoms with E-state index in [1.807, 2.05) is 6.92 Å². The summed E-state index contributed by atoms with van der Waals surface area (Å²) >= 11 is 0. The molecule has 0 aromatic rings. The molecule has 1 aliphatic heterocycles. The number of amides is 2. The van der Waals surface area contributed by atoms with Crippen molar-refractivity contribution >= 4 is 12.2 Å². The summed E-state index contributed by atoms with van der Waals surface area (Å²) in [4.78, 5) is 25.6. The lowest BCUT2D eigenvalue weighted by Crippen LogP contribution is -2.53. The lowest BCUT2D eigenvalue weighted by Gasteiger charge is -2.37. The highest BCUT2D eigenvalue weighted by atomic mass is 16.7. The average molecular weight is 216 g/mol. The van der Waals surface area contributed by atoms with E-state index >= 15 is 0 Å². The van der Waals surface area contributed by atoms with Crippen LogP contribution in [0.4, 0.5) is 9.59 Å². The summed E-state index contributed by atoms with van der Waals surface area (Å²) < 4.78 is 9.31. The Kier molecular flexibility index (Phi) is 3.76. The number of rotatable bonds is 2. The molecule has 0 aliphatic carbocycles.